The molecule has 0 saturated carbocycles. The van der Waals surface area contributed by atoms with Gasteiger partial charge in [0.2, 0.25) is 0 Å². The monoisotopic (exact) mass is 338 g/mol. The zero-order chi connectivity index (χ0) is 17.1. The van der Waals surface area contributed by atoms with Gasteiger partial charge in [-0.1, -0.05) is 54.1 Å². The zero-order valence-electron chi connectivity index (χ0n) is 13.0. The number of carbonyl (C=O) groups is 1. The topological polar surface area (TPSA) is 61.7 Å². The Balaban J connectivity index is 1.88. The predicted octanol–water partition coefficient (Wildman–Crippen LogP) is 4.35. The number of aromatic hydroxyl groups is 1. The van der Waals surface area contributed by atoms with E-state index in [0.29, 0.717) is 21.9 Å². The number of phenols is 1. The third kappa shape index (κ3) is 3.09. The average molecular weight is 339 g/mol. The van der Waals surface area contributed by atoms with Crippen LogP contribution in [0.1, 0.15) is 22.8 Å². The normalized spacial score (nSPS) is 11.5. The maximum absolute atomic E-state index is 12.1. The van der Waals surface area contributed by atoms with Crippen LogP contribution in [0.4, 0.5) is 0 Å². The second-order valence-electron chi connectivity index (χ2n) is 5.30. The van der Waals surface area contributed by atoms with E-state index in [1.807, 2.05) is 30.3 Å². The van der Waals surface area contributed by atoms with E-state index in [1.165, 1.54) is 0 Å². The molecule has 0 fully saturated rings. The molecule has 1 amide bonds. The summed E-state index contributed by atoms with van der Waals surface area (Å²) in [5.74, 6) is -0.262. The lowest BCUT2D eigenvalue weighted by Gasteiger charge is -2.08. The Bertz CT molecular complexity index is 951. The molecule has 0 radical (unpaired) electrons. The maximum atomic E-state index is 12.1. The summed E-state index contributed by atoms with van der Waals surface area (Å²) >= 11 is 5.99. The first-order chi connectivity index (χ1) is 11.6. The molecule has 0 spiro atoms. The van der Waals surface area contributed by atoms with Crippen LogP contribution < -0.4 is 5.43 Å². The lowest BCUT2D eigenvalue weighted by molar-refractivity contribution is 0.0955. The standard InChI is InChI=1S/C19H15ClN2O2/c1-12(21-22-19(24)16-8-4-5-9-17(16)20)14-11-10-13-6-2-3-7-15(13)18(14)23/h2-11,23H,1H3,(H,22,24)/b21-12+. The van der Waals surface area contributed by atoms with Crippen molar-refractivity contribution in [1.29, 1.82) is 0 Å². The molecule has 2 N–H and O–H groups in total. The Kier molecular flexibility index (Phi) is 4.49. The van der Waals surface area contributed by atoms with Crippen LogP contribution in [0.5, 0.6) is 5.75 Å². The number of amides is 1. The maximum Gasteiger partial charge on any atom is 0.272 e. The van der Waals surface area contributed by atoms with Gasteiger partial charge in [0.25, 0.3) is 5.91 Å². The molecule has 4 nitrogen and oxygen atoms in total. The summed E-state index contributed by atoms with van der Waals surface area (Å²) in [4.78, 5) is 12.1. The van der Waals surface area contributed by atoms with Crippen molar-refractivity contribution in [1.82, 2.24) is 5.43 Å². The molecule has 3 aromatic carbocycles. The van der Waals surface area contributed by atoms with Crippen LogP contribution >= 0.6 is 11.6 Å². The average Bonchev–Trinajstić information content (AvgIpc) is 2.60. The molecule has 0 aliphatic rings. The molecule has 0 heterocycles. The lowest BCUT2D eigenvalue weighted by Crippen LogP contribution is -2.19. The Morgan fingerprint density at radius 3 is 2.50 bits per heavy atom. The molecule has 0 atom stereocenters. The van der Waals surface area contributed by atoms with Crippen molar-refractivity contribution in [2.45, 2.75) is 6.92 Å². The van der Waals surface area contributed by atoms with Gasteiger partial charge in [0.1, 0.15) is 5.75 Å². The number of carbonyl (C=O) groups excluding carboxylic acids is 1. The van der Waals surface area contributed by atoms with Gasteiger partial charge in [0.15, 0.2) is 0 Å². The lowest BCUT2D eigenvalue weighted by atomic mass is 10.0. The second-order valence-corrected chi connectivity index (χ2v) is 5.71. The Hall–Kier alpha value is -2.85. The van der Waals surface area contributed by atoms with Gasteiger partial charge in [-0.25, -0.2) is 5.43 Å². The Morgan fingerprint density at radius 2 is 1.71 bits per heavy atom. The summed E-state index contributed by atoms with van der Waals surface area (Å²) in [6, 6.07) is 17.9. The van der Waals surface area contributed by atoms with E-state index in [-0.39, 0.29) is 5.75 Å². The highest BCUT2D eigenvalue weighted by molar-refractivity contribution is 6.33. The van der Waals surface area contributed by atoms with Gasteiger partial charge in [-0.2, -0.15) is 5.10 Å². The largest absolute Gasteiger partial charge is 0.507 e. The number of halogens is 1. The van der Waals surface area contributed by atoms with E-state index >= 15 is 0 Å². The van der Waals surface area contributed by atoms with E-state index < -0.39 is 5.91 Å². The summed E-state index contributed by atoms with van der Waals surface area (Å²) in [5.41, 5.74) is 3.87. The first-order valence-electron chi connectivity index (χ1n) is 7.38. The SMILES string of the molecule is C/C(=N\NC(=O)c1ccccc1Cl)c1ccc2ccccc2c1O. The summed E-state index contributed by atoms with van der Waals surface area (Å²) in [5, 5.41) is 16.5. The van der Waals surface area contributed by atoms with Crippen LogP contribution in [0.15, 0.2) is 65.8 Å². The predicted molar refractivity (Wildman–Crippen MR) is 96.7 cm³/mol. The molecule has 24 heavy (non-hydrogen) atoms. The Morgan fingerprint density at radius 1 is 1.00 bits per heavy atom. The number of rotatable bonds is 3. The van der Waals surface area contributed by atoms with E-state index in [2.05, 4.69) is 10.5 Å². The molecule has 0 bridgehead atoms. The van der Waals surface area contributed by atoms with Crippen molar-refractivity contribution in [2.24, 2.45) is 5.10 Å². The minimum atomic E-state index is -0.403. The molecule has 3 aromatic rings. The third-order valence-corrected chi connectivity index (χ3v) is 4.06. The highest BCUT2D eigenvalue weighted by Crippen LogP contribution is 2.28. The smallest absolute Gasteiger partial charge is 0.272 e. The highest BCUT2D eigenvalue weighted by atomic mass is 35.5. The third-order valence-electron chi connectivity index (χ3n) is 3.73. The molecule has 0 unspecified atom stereocenters. The van der Waals surface area contributed by atoms with Gasteiger partial charge in [0.05, 0.1) is 16.3 Å². The van der Waals surface area contributed by atoms with Crippen LogP contribution in [0.25, 0.3) is 10.8 Å². The number of nitrogens with zero attached hydrogens (tertiary/aromatic N) is 1. The minimum Gasteiger partial charge on any atom is -0.507 e. The summed E-state index contributed by atoms with van der Waals surface area (Å²) in [6.45, 7) is 1.72. The van der Waals surface area contributed by atoms with Crippen molar-refractivity contribution in [2.75, 3.05) is 0 Å². The molecule has 0 aromatic heterocycles. The fraction of sp³-hybridized carbons (Fsp3) is 0.0526. The molecule has 3 rings (SSSR count). The Labute approximate surface area is 144 Å². The van der Waals surface area contributed by atoms with Crippen LogP contribution in [-0.4, -0.2) is 16.7 Å². The fourth-order valence-corrected chi connectivity index (χ4v) is 2.67. The molecule has 0 aliphatic heterocycles. The van der Waals surface area contributed by atoms with Gasteiger partial charge in [-0.3, -0.25) is 4.79 Å². The number of hydrogen-bond acceptors (Lipinski definition) is 3. The molecular formula is C19H15ClN2O2. The van der Waals surface area contributed by atoms with Gasteiger partial charge in [-0.05, 0) is 30.5 Å². The zero-order valence-corrected chi connectivity index (χ0v) is 13.7. The number of hydrogen-bond donors (Lipinski definition) is 2. The first-order valence-corrected chi connectivity index (χ1v) is 7.76. The minimum absolute atomic E-state index is 0.140. The van der Waals surface area contributed by atoms with Crippen molar-refractivity contribution >= 4 is 34.0 Å². The van der Waals surface area contributed by atoms with Crippen LogP contribution in [0.3, 0.4) is 0 Å². The van der Waals surface area contributed by atoms with Crippen molar-refractivity contribution in [3.05, 3.63) is 76.8 Å². The van der Waals surface area contributed by atoms with E-state index in [0.717, 1.165) is 10.8 Å². The van der Waals surface area contributed by atoms with Gasteiger partial charge in [0, 0.05) is 10.9 Å². The summed E-state index contributed by atoms with van der Waals surface area (Å²) in [6.07, 6.45) is 0. The van der Waals surface area contributed by atoms with Crippen LogP contribution in [0, 0.1) is 0 Å². The highest BCUT2D eigenvalue weighted by Gasteiger charge is 2.11. The number of phenolic OH excluding ortho intramolecular Hbond substituents is 1. The van der Waals surface area contributed by atoms with Crippen molar-refractivity contribution in [3.63, 3.8) is 0 Å². The van der Waals surface area contributed by atoms with Gasteiger partial charge < -0.3 is 5.11 Å². The number of benzene rings is 3. The van der Waals surface area contributed by atoms with Crippen molar-refractivity contribution in [3.8, 4) is 5.75 Å². The first kappa shape index (κ1) is 16.0. The quantitative estimate of drug-likeness (QED) is 0.551. The number of fused-ring (bicyclic) bond motifs is 1. The van der Waals surface area contributed by atoms with Gasteiger partial charge in [-0.15, -0.1) is 0 Å². The molecule has 5 heteroatoms. The van der Waals surface area contributed by atoms with E-state index in [4.69, 9.17) is 11.6 Å². The molecular weight excluding hydrogens is 324 g/mol. The van der Waals surface area contributed by atoms with E-state index in [1.54, 1.807) is 37.3 Å². The van der Waals surface area contributed by atoms with Gasteiger partial charge >= 0.3 is 0 Å². The molecule has 0 saturated heterocycles. The second kappa shape index (κ2) is 6.72. The number of nitrogens with one attached hydrogen (secondary N) is 1. The van der Waals surface area contributed by atoms with Crippen LogP contribution in [-0.2, 0) is 0 Å². The molecule has 120 valence electrons. The van der Waals surface area contributed by atoms with E-state index in [9.17, 15) is 9.90 Å². The fourth-order valence-electron chi connectivity index (χ4n) is 2.45. The van der Waals surface area contributed by atoms with Crippen LogP contribution in [0.2, 0.25) is 5.02 Å². The molecule has 0 aliphatic carbocycles. The van der Waals surface area contributed by atoms with Crippen molar-refractivity contribution < 1.29 is 9.90 Å². The summed E-state index contributed by atoms with van der Waals surface area (Å²) < 4.78 is 0. The number of hydrazone groups is 1. The summed E-state index contributed by atoms with van der Waals surface area (Å²) in [7, 11) is 0.